The van der Waals surface area contributed by atoms with Gasteiger partial charge in [-0.3, -0.25) is 10.1 Å². The van der Waals surface area contributed by atoms with Gasteiger partial charge in [0.25, 0.3) is 5.91 Å². The van der Waals surface area contributed by atoms with Crippen molar-refractivity contribution in [2.45, 2.75) is 4.90 Å². The van der Waals surface area contributed by atoms with Gasteiger partial charge in [0, 0.05) is 30.7 Å². The Morgan fingerprint density at radius 3 is 2.59 bits per heavy atom. The third-order valence-corrected chi connectivity index (χ3v) is 8.32. The summed E-state index contributed by atoms with van der Waals surface area (Å²) >= 11 is 4.62. The molecule has 152 valence electrons. The van der Waals surface area contributed by atoms with Crippen LogP contribution >= 0.6 is 27.3 Å². The van der Waals surface area contributed by atoms with Crippen molar-refractivity contribution in [2.24, 2.45) is 0 Å². The Labute approximate surface area is 181 Å². The number of carbonyl (C=O) groups is 1. The summed E-state index contributed by atoms with van der Waals surface area (Å²) in [7, 11) is -1.56. The lowest BCUT2D eigenvalue weighted by Gasteiger charge is -2.31. The van der Waals surface area contributed by atoms with Crippen LogP contribution in [0, 0.1) is 0 Å². The molecule has 0 bridgehead atoms. The SMILES string of the molecule is CN1CCN(S(=O)(=O)c2ccc3nc(NC(=O)c4ccccc4Br)sc3c2)CC1. The number of halogens is 1. The highest BCUT2D eigenvalue weighted by molar-refractivity contribution is 9.10. The van der Waals surface area contributed by atoms with Gasteiger partial charge in [0.05, 0.1) is 20.7 Å². The number of nitrogens with zero attached hydrogens (tertiary/aromatic N) is 3. The molecule has 2 aromatic carbocycles. The summed E-state index contributed by atoms with van der Waals surface area (Å²) in [6.45, 7) is 2.39. The normalized spacial score (nSPS) is 16.2. The van der Waals surface area contributed by atoms with Crippen LogP contribution in [0.2, 0.25) is 0 Å². The molecule has 2 heterocycles. The van der Waals surface area contributed by atoms with Crippen LogP contribution in [-0.4, -0.2) is 61.7 Å². The number of hydrogen-bond donors (Lipinski definition) is 1. The van der Waals surface area contributed by atoms with E-state index in [0.29, 0.717) is 51.6 Å². The maximum Gasteiger partial charge on any atom is 0.258 e. The van der Waals surface area contributed by atoms with Crippen LogP contribution in [0.15, 0.2) is 51.8 Å². The fraction of sp³-hybridized carbons (Fsp3) is 0.263. The first-order chi connectivity index (χ1) is 13.8. The molecule has 3 aromatic rings. The number of thiazole rings is 1. The molecule has 0 aliphatic carbocycles. The van der Waals surface area contributed by atoms with E-state index in [2.05, 4.69) is 31.1 Å². The number of sulfonamides is 1. The summed E-state index contributed by atoms with van der Waals surface area (Å²) in [6, 6.07) is 12.0. The van der Waals surface area contributed by atoms with Crippen LogP contribution < -0.4 is 5.32 Å². The molecule has 1 fully saturated rings. The van der Waals surface area contributed by atoms with Crippen molar-refractivity contribution in [3.63, 3.8) is 0 Å². The standard InChI is InChI=1S/C19H19BrN4O3S2/c1-23-8-10-24(11-9-23)29(26,27)13-6-7-16-17(12-13)28-19(21-16)22-18(25)14-4-2-3-5-15(14)20/h2-7,12H,8-11H2,1H3,(H,21,22,25). The highest BCUT2D eigenvalue weighted by Crippen LogP contribution is 2.30. The number of rotatable bonds is 4. The van der Waals surface area contributed by atoms with Gasteiger partial charge in [0.2, 0.25) is 10.0 Å². The summed E-state index contributed by atoms with van der Waals surface area (Å²) in [5.74, 6) is -0.276. The third-order valence-electron chi connectivity index (χ3n) is 4.80. The van der Waals surface area contributed by atoms with Crippen molar-refractivity contribution in [1.82, 2.24) is 14.2 Å². The Bertz CT molecular complexity index is 1170. The number of amides is 1. The zero-order valence-corrected chi connectivity index (χ0v) is 18.8. The van der Waals surface area contributed by atoms with Crippen molar-refractivity contribution in [3.8, 4) is 0 Å². The predicted molar refractivity (Wildman–Crippen MR) is 118 cm³/mol. The number of likely N-dealkylation sites (N-methyl/N-ethyl adjacent to an activating group) is 1. The quantitative estimate of drug-likeness (QED) is 0.601. The fourth-order valence-electron chi connectivity index (χ4n) is 3.11. The van der Waals surface area contributed by atoms with Gasteiger partial charge in [-0.15, -0.1) is 0 Å². The molecule has 0 spiro atoms. The van der Waals surface area contributed by atoms with Gasteiger partial charge in [-0.1, -0.05) is 23.5 Å². The van der Waals surface area contributed by atoms with Crippen molar-refractivity contribution in [2.75, 3.05) is 38.5 Å². The smallest absolute Gasteiger partial charge is 0.258 e. The Morgan fingerprint density at radius 1 is 1.14 bits per heavy atom. The van der Waals surface area contributed by atoms with E-state index >= 15 is 0 Å². The molecule has 1 aliphatic rings. The molecule has 1 aromatic heterocycles. The minimum Gasteiger partial charge on any atom is -0.304 e. The Hall–Kier alpha value is -1.85. The molecule has 0 atom stereocenters. The summed E-state index contributed by atoms with van der Waals surface area (Å²) < 4.78 is 28.8. The van der Waals surface area contributed by atoms with Gasteiger partial charge in [0.15, 0.2) is 5.13 Å². The molecule has 1 saturated heterocycles. The minimum absolute atomic E-state index is 0.252. The van der Waals surface area contributed by atoms with Crippen LogP contribution in [0.5, 0.6) is 0 Å². The number of carbonyl (C=O) groups excluding carboxylic acids is 1. The number of fused-ring (bicyclic) bond motifs is 1. The van der Waals surface area contributed by atoms with Gasteiger partial charge in [-0.05, 0) is 53.3 Å². The average Bonchev–Trinajstić information content (AvgIpc) is 3.10. The molecular formula is C19H19BrN4O3S2. The number of nitrogens with one attached hydrogen (secondary N) is 1. The maximum absolute atomic E-state index is 13.0. The van der Waals surface area contributed by atoms with Gasteiger partial charge in [-0.25, -0.2) is 13.4 Å². The van der Waals surface area contributed by atoms with Gasteiger partial charge in [0.1, 0.15) is 0 Å². The van der Waals surface area contributed by atoms with Crippen LogP contribution in [0.3, 0.4) is 0 Å². The molecule has 1 N–H and O–H groups in total. The number of hydrogen-bond acceptors (Lipinski definition) is 6. The highest BCUT2D eigenvalue weighted by Gasteiger charge is 2.28. The van der Waals surface area contributed by atoms with E-state index in [-0.39, 0.29) is 10.8 Å². The van der Waals surface area contributed by atoms with Crippen molar-refractivity contribution < 1.29 is 13.2 Å². The van der Waals surface area contributed by atoms with E-state index in [0.717, 1.165) is 0 Å². The maximum atomic E-state index is 13.0. The Kier molecular flexibility index (Phi) is 5.71. The first kappa shape index (κ1) is 20.4. The summed E-state index contributed by atoms with van der Waals surface area (Å²) in [4.78, 5) is 19.3. The second kappa shape index (κ2) is 8.11. The lowest BCUT2D eigenvalue weighted by Crippen LogP contribution is -2.46. The number of benzene rings is 2. The predicted octanol–water partition coefficient (Wildman–Crippen LogP) is 3.25. The van der Waals surface area contributed by atoms with Gasteiger partial charge < -0.3 is 4.90 Å². The zero-order valence-electron chi connectivity index (χ0n) is 15.6. The summed E-state index contributed by atoms with van der Waals surface area (Å²) in [5, 5.41) is 3.21. The van der Waals surface area contributed by atoms with Crippen molar-refractivity contribution in [1.29, 1.82) is 0 Å². The third kappa shape index (κ3) is 4.22. The van der Waals surface area contributed by atoms with E-state index in [9.17, 15) is 13.2 Å². The zero-order chi connectivity index (χ0) is 20.6. The average molecular weight is 495 g/mol. The van der Waals surface area contributed by atoms with Crippen LogP contribution in [0.25, 0.3) is 10.2 Å². The summed E-state index contributed by atoms with van der Waals surface area (Å²) in [6.07, 6.45) is 0. The summed E-state index contributed by atoms with van der Waals surface area (Å²) in [5.41, 5.74) is 1.15. The van der Waals surface area contributed by atoms with Crippen LogP contribution in [0.1, 0.15) is 10.4 Å². The first-order valence-electron chi connectivity index (χ1n) is 9.00. The molecule has 1 amide bonds. The topological polar surface area (TPSA) is 82.6 Å². The fourth-order valence-corrected chi connectivity index (χ4v) is 5.99. The Morgan fingerprint density at radius 2 is 1.86 bits per heavy atom. The van der Waals surface area contributed by atoms with Crippen LogP contribution in [0.4, 0.5) is 5.13 Å². The number of aromatic nitrogens is 1. The van der Waals surface area contributed by atoms with E-state index in [1.165, 1.54) is 15.6 Å². The van der Waals surface area contributed by atoms with E-state index in [1.807, 2.05) is 13.1 Å². The molecule has 7 nitrogen and oxygen atoms in total. The van der Waals surface area contributed by atoms with Crippen molar-refractivity contribution >= 4 is 58.5 Å². The van der Waals surface area contributed by atoms with Crippen molar-refractivity contribution in [3.05, 3.63) is 52.5 Å². The van der Waals surface area contributed by atoms with E-state index in [4.69, 9.17) is 0 Å². The molecule has 10 heteroatoms. The molecular weight excluding hydrogens is 476 g/mol. The molecule has 1 aliphatic heterocycles. The van der Waals surface area contributed by atoms with E-state index < -0.39 is 10.0 Å². The molecule has 0 unspecified atom stereocenters. The molecule has 0 radical (unpaired) electrons. The molecule has 4 rings (SSSR count). The lowest BCUT2D eigenvalue weighted by molar-refractivity contribution is 0.102. The van der Waals surface area contributed by atoms with Gasteiger partial charge in [-0.2, -0.15) is 4.31 Å². The second-order valence-corrected chi connectivity index (χ2v) is 10.6. The second-order valence-electron chi connectivity index (χ2n) is 6.79. The van der Waals surface area contributed by atoms with Gasteiger partial charge >= 0.3 is 0 Å². The van der Waals surface area contributed by atoms with E-state index in [1.54, 1.807) is 36.4 Å². The highest BCUT2D eigenvalue weighted by atomic mass is 79.9. The Balaban J connectivity index is 1.58. The molecule has 29 heavy (non-hydrogen) atoms. The van der Waals surface area contributed by atoms with Crippen LogP contribution in [-0.2, 0) is 10.0 Å². The molecule has 0 saturated carbocycles. The first-order valence-corrected chi connectivity index (χ1v) is 12.0. The number of anilines is 1. The monoisotopic (exact) mass is 494 g/mol. The largest absolute Gasteiger partial charge is 0.304 e. The minimum atomic E-state index is -3.55. The number of piperazine rings is 1. The lowest BCUT2D eigenvalue weighted by atomic mass is 10.2.